The number of aliphatic carboxylic acids is 1. The Kier molecular flexibility index (Phi) is 3.09. The van der Waals surface area contributed by atoms with E-state index < -0.39 is 11.9 Å². The van der Waals surface area contributed by atoms with E-state index in [2.05, 4.69) is 4.90 Å². The zero-order valence-electron chi connectivity index (χ0n) is 10.7. The molecule has 0 radical (unpaired) electrons. The lowest BCUT2D eigenvalue weighted by Gasteiger charge is -2.47. The van der Waals surface area contributed by atoms with Gasteiger partial charge in [-0.3, -0.25) is 4.79 Å². The molecule has 2 heterocycles. The zero-order chi connectivity index (χ0) is 13.6. The number of carboxylic acid groups (broad SMARTS) is 1. The second-order valence-electron chi connectivity index (χ2n) is 5.24. The highest BCUT2D eigenvalue weighted by molar-refractivity contribution is 7.99. The van der Waals surface area contributed by atoms with Crippen molar-refractivity contribution in [3.63, 3.8) is 0 Å². The van der Waals surface area contributed by atoms with Crippen molar-refractivity contribution >= 4 is 23.4 Å². The molecular formula is C14H17NO3S. The van der Waals surface area contributed by atoms with E-state index in [9.17, 15) is 15.0 Å². The smallest absolute Gasteiger partial charge is 0.311 e. The summed E-state index contributed by atoms with van der Waals surface area (Å²) in [7, 11) is 1.96. The van der Waals surface area contributed by atoms with Gasteiger partial charge in [0.1, 0.15) is 5.75 Å². The molecule has 2 aliphatic heterocycles. The van der Waals surface area contributed by atoms with Crippen LogP contribution in [-0.2, 0) is 4.79 Å². The number of thioether (sulfide) groups is 1. The van der Waals surface area contributed by atoms with Gasteiger partial charge in [-0.05, 0) is 29.6 Å². The van der Waals surface area contributed by atoms with Gasteiger partial charge in [-0.25, -0.2) is 0 Å². The minimum absolute atomic E-state index is 0.121. The van der Waals surface area contributed by atoms with E-state index in [4.69, 9.17) is 0 Å². The monoisotopic (exact) mass is 279 g/mol. The summed E-state index contributed by atoms with van der Waals surface area (Å²) in [6.45, 7) is 0. The van der Waals surface area contributed by atoms with Gasteiger partial charge in [-0.2, -0.15) is 11.8 Å². The van der Waals surface area contributed by atoms with Crippen molar-refractivity contribution in [2.45, 2.75) is 18.4 Å². The summed E-state index contributed by atoms with van der Waals surface area (Å²) in [5, 5.41) is 19.7. The number of rotatable bonds is 1. The van der Waals surface area contributed by atoms with Crippen LogP contribution in [0.4, 0.5) is 5.69 Å². The molecule has 0 spiro atoms. The summed E-state index contributed by atoms with van der Waals surface area (Å²) in [6, 6.07) is 5.41. The van der Waals surface area contributed by atoms with E-state index in [1.54, 1.807) is 12.1 Å². The number of phenolic OH excluding ortho intramolecular Hbond substituents is 1. The molecule has 1 saturated heterocycles. The van der Waals surface area contributed by atoms with Gasteiger partial charge in [0.25, 0.3) is 0 Å². The molecule has 0 amide bonds. The van der Waals surface area contributed by atoms with E-state index in [0.29, 0.717) is 5.69 Å². The molecule has 1 aromatic carbocycles. The molecule has 3 unspecified atom stereocenters. The van der Waals surface area contributed by atoms with Gasteiger partial charge in [0, 0.05) is 19.0 Å². The van der Waals surface area contributed by atoms with Gasteiger partial charge in [0.15, 0.2) is 0 Å². The van der Waals surface area contributed by atoms with E-state index in [1.165, 1.54) is 0 Å². The number of para-hydroxylation sites is 1. The van der Waals surface area contributed by atoms with Crippen LogP contribution in [0.3, 0.4) is 0 Å². The summed E-state index contributed by atoms with van der Waals surface area (Å²) in [6.07, 6.45) is 0.976. The number of benzene rings is 1. The third-order valence-corrected chi connectivity index (χ3v) is 5.43. The molecular weight excluding hydrogens is 262 g/mol. The zero-order valence-corrected chi connectivity index (χ0v) is 11.6. The van der Waals surface area contributed by atoms with Gasteiger partial charge in [0.2, 0.25) is 0 Å². The lowest BCUT2D eigenvalue weighted by molar-refractivity contribution is -0.140. The standard InChI is InChI=1S/C14H17NO3S/c1-15-10-5-6-19-7-9(10)12(14(17)18)8-3-2-4-11(16)13(8)15/h2-4,9-10,12,16H,5-7H2,1H3,(H,17,18). The van der Waals surface area contributed by atoms with Gasteiger partial charge in [-0.15, -0.1) is 0 Å². The summed E-state index contributed by atoms with van der Waals surface area (Å²) in [4.78, 5) is 13.8. The molecule has 2 N–H and O–H groups in total. The number of hydrogen-bond donors (Lipinski definition) is 2. The third kappa shape index (κ3) is 1.87. The second kappa shape index (κ2) is 4.63. The first-order chi connectivity index (χ1) is 9.11. The Morgan fingerprint density at radius 3 is 3.00 bits per heavy atom. The van der Waals surface area contributed by atoms with Gasteiger partial charge < -0.3 is 15.1 Å². The highest BCUT2D eigenvalue weighted by atomic mass is 32.2. The molecule has 1 fully saturated rings. The maximum atomic E-state index is 11.7. The Morgan fingerprint density at radius 1 is 1.47 bits per heavy atom. The number of carboxylic acids is 1. The quantitative estimate of drug-likeness (QED) is 0.824. The predicted octanol–water partition coefficient (Wildman–Crippen LogP) is 2.13. The van der Waals surface area contributed by atoms with Crippen LogP contribution in [0.2, 0.25) is 0 Å². The number of fused-ring (bicyclic) bond motifs is 2. The fraction of sp³-hybridized carbons (Fsp3) is 0.500. The SMILES string of the molecule is CN1c2c(O)cccc2C(C(=O)O)C2CSCCC21. The summed E-state index contributed by atoms with van der Waals surface area (Å²) < 4.78 is 0. The Bertz CT molecular complexity index is 519. The van der Waals surface area contributed by atoms with Crippen molar-refractivity contribution < 1.29 is 15.0 Å². The molecule has 0 aliphatic carbocycles. The van der Waals surface area contributed by atoms with Crippen LogP contribution >= 0.6 is 11.8 Å². The third-order valence-electron chi connectivity index (χ3n) is 4.29. The Balaban J connectivity index is 2.16. The second-order valence-corrected chi connectivity index (χ2v) is 6.39. The first-order valence-corrected chi connectivity index (χ1v) is 7.62. The molecule has 2 aliphatic rings. The first-order valence-electron chi connectivity index (χ1n) is 6.46. The predicted molar refractivity (Wildman–Crippen MR) is 76.1 cm³/mol. The molecule has 102 valence electrons. The minimum atomic E-state index is -0.780. The van der Waals surface area contributed by atoms with Crippen LogP contribution in [0.1, 0.15) is 17.9 Å². The summed E-state index contributed by atoms with van der Waals surface area (Å²) >= 11 is 1.83. The normalized spacial score (nSPS) is 29.5. The number of aromatic hydroxyl groups is 1. The number of hydrogen-bond acceptors (Lipinski definition) is 4. The highest BCUT2D eigenvalue weighted by Gasteiger charge is 2.45. The molecule has 0 aromatic heterocycles. The summed E-state index contributed by atoms with van der Waals surface area (Å²) in [5.41, 5.74) is 1.45. The largest absolute Gasteiger partial charge is 0.506 e. The average molecular weight is 279 g/mol. The van der Waals surface area contributed by atoms with Crippen LogP contribution in [0.15, 0.2) is 18.2 Å². The minimum Gasteiger partial charge on any atom is -0.506 e. The Hall–Kier alpha value is -1.36. The maximum Gasteiger partial charge on any atom is 0.311 e. The molecule has 4 nitrogen and oxygen atoms in total. The first kappa shape index (κ1) is 12.7. The molecule has 19 heavy (non-hydrogen) atoms. The fourth-order valence-electron chi connectivity index (χ4n) is 3.44. The van der Waals surface area contributed by atoms with Crippen LogP contribution in [0, 0.1) is 5.92 Å². The maximum absolute atomic E-state index is 11.7. The van der Waals surface area contributed by atoms with E-state index in [-0.39, 0.29) is 17.7 Å². The van der Waals surface area contributed by atoms with E-state index in [1.807, 2.05) is 24.9 Å². The lowest BCUT2D eigenvalue weighted by atomic mass is 9.76. The van der Waals surface area contributed by atoms with Crippen molar-refractivity contribution in [1.82, 2.24) is 0 Å². The number of phenols is 1. The van der Waals surface area contributed by atoms with Crippen molar-refractivity contribution in [3.05, 3.63) is 23.8 Å². The number of anilines is 1. The van der Waals surface area contributed by atoms with Crippen molar-refractivity contribution in [2.75, 3.05) is 23.5 Å². The number of nitrogens with zero attached hydrogens (tertiary/aromatic N) is 1. The van der Waals surface area contributed by atoms with Gasteiger partial charge in [-0.1, -0.05) is 12.1 Å². The van der Waals surface area contributed by atoms with Crippen LogP contribution in [-0.4, -0.2) is 40.8 Å². The number of carbonyl (C=O) groups is 1. The van der Waals surface area contributed by atoms with Crippen LogP contribution < -0.4 is 4.90 Å². The van der Waals surface area contributed by atoms with Crippen LogP contribution in [0.5, 0.6) is 5.75 Å². The molecule has 0 saturated carbocycles. The molecule has 5 heteroatoms. The highest BCUT2D eigenvalue weighted by Crippen LogP contribution is 2.49. The molecule has 3 rings (SSSR count). The lowest BCUT2D eigenvalue weighted by Crippen LogP contribution is -2.50. The molecule has 3 atom stereocenters. The van der Waals surface area contributed by atoms with Crippen molar-refractivity contribution in [1.29, 1.82) is 0 Å². The van der Waals surface area contributed by atoms with E-state index >= 15 is 0 Å². The van der Waals surface area contributed by atoms with Crippen molar-refractivity contribution in [2.24, 2.45) is 5.92 Å². The average Bonchev–Trinajstić information content (AvgIpc) is 2.38. The topological polar surface area (TPSA) is 60.8 Å². The molecule has 1 aromatic rings. The van der Waals surface area contributed by atoms with Crippen LogP contribution in [0.25, 0.3) is 0 Å². The Morgan fingerprint density at radius 2 is 2.26 bits per heavy atom. The Labute approximate surface area is 116 Å². The van der Waals surface area contributed by atoms with Crippen molar-refractivity contribution in [3.8, 4) is 5.75 Å². The van der Waals surface area contributed by atoms with E-state index in [0.717, 1.165) is 23.5 Å². The fourth-order valence-corrected chi connectivity index (χ4v) is 4.71. The van der Waals surface area contributed by atoms with Gasteiger partial charge >= 0.3 is 5.97 Å². The summed E-state index contributed by atoms with van der Waals surface area (Å²) in [5.74, 6) is 0.953. The van der Waals surface area contributed by atoms with Gasteiger partial charge in [0.05, 0.1) is 11.6 Å². The molecule has 0 bridgehead atoms.